The zero-order chi connectivity index (χ0) is 13.8. The summed E-state index contributed by atoms with van der Waals surface area (Å²) in [5.74, 6) is 1.80. The molecule has 19 heavy (non-hydrogen) atoms. The minimum atomic E-state index is 0.807. The van der Waals surface area contributed by atoms with Crippen LogP contribution in [-0.4, -0.2) is 26.8 Å². The van der Waals surface area contributed by atoms with Crippen molar-refractivity contribution in [3.05, 3.63) is 24.3 Å². The molecule has 1 rings (SSSR count). The SMILES string of the molecule is CCCC[NH2+]CCCCCOc1ccc(OC)cc1. The monoisotopic (exact) mass is 266 g/mol. The van der Waals surface area contributed by atoms with Crippen molar-refractivity contribution in [2.24, 2.45) is 0 Å². The largest absolute Gasteiger partial charge is 0.497 e. The van der Waals surface area contributed by atoms with Gasteiger partial charge in [-0.3, -0.25) is 0 Å². The van der Waals surface area contributed by atoms with Crippen molar-refractivity contribution in [1.29, 1.82) is 0 Å². The van der Waals surface area contributed by atoms with Crippen molar-refractivity contribution in [3.8, 4) is 11.5 Å². The van der Waals surface area contributed by atoms with E-state index in [1.807, 2.05) is 24.3 Å². The van der Waals surface area contributed by atoms with Gasteiger partial charge in [-0.05, 0) is 49.9 Å². The molecule has 3 nitrogen and oxygen atoms in total. The van der Waals surface area contributed by atoms with Gasteiger partial charge in [0.2, 0.25) is 0 Å². The van der Waals surface area contributed by atoms with Gasteiger partial charge in [0.15, 0.2) is 0 Å². The van der Waals surface area contributed by atoms with Gasteiger partial charge in [-0.1, -0.05) is 13.3 Å². The van der Waals surface area contributed by atoms with E-state index in [0.29, 0.717) is 0 Å². The zero-order valence-corrected chi connectivity index (χ0v) is 12.4. The Labute approximate surface area is 117 Å². The van der Waals surface area contributed by atoms with Crippen LogP contribution in [0.1, 0.15) is 39.0 Å². The van der Waals surface area contributed by atoms with Crippen LogP contribution in [0.5, 0.6) is 11.5 Å². The molecule has 0 saturated carbocycles. The van der Waals surface area contributed by atoms with Crippen LogP contribution in [0.3, 0.4) is 0 Å². The Hall–Kier alpha value is -1.22. The molecule has 0 aliphatic carbocycles. The lowest BCUT2D eigenvalue weighted by Gasteiger charge is -2.06. The first-order valence-electron chi connectivity index (χ1n) is 7.45. The van der Waals surface area contributed by atoms with Crippen molar-refractivity contribution in [2.75, 3.05) is 26.8 Å². The zero-order valence-electron chi connectivity index (χ0n) is 12.4. The number of benzene rings is 1. The third-order valence-electron chi connectivity index (χ3n) is 3.14. The molecule has 0 heterocycles. The Morgan fingerprint density at radius 1 is 0.895 bits per heavy atom. The Bertz CT molecular complexity index is 311. The average Bonchev–Trinajstić information content (AvgIpc) is 2.46. The predicted molar refractivity (Wildman–Crippen MR) is 78.9 cm³/mol. The molecule has 1 aromatic rings. The van der Waals surface area contributed by atoms with E-state index in [4.69, 9.17) is 9.47 Å². The van der Waals surface area contributed by atoms with E-state index in [9.17, 15) is 0 Å². The van der Waals surface area contributed by atoms with Gasteiger partial charge in [0.25, 0.3) is 0 Å². The van der Waals surface area contributed by atoms with Crippen LogP contribution < -0.4 is 14.8 Å². The van der Waals surface area contributed by atoms with Crippen LogP contribution in [0.25, 0.3) is 0 Å². The molecule has 0 spiro atoms. The van der Waals surface area contributed by atoms with Crippen molar-refractivity contribution < 1.29 is 14.8 Å². The van der Waals surface area contributed by atoms with Gasteiger partial charge in [0, 0.05) is 0 Å². The van der Waals surface area contributed by atoms with Gasteiger partial charge in [0.05, 0.1) is 26.8 Å². The smallest absolute Gasteiger partial charge is 0.119 e. The highest BCUT2D eigenvalue weighted by Gasteiger charge is 1.96. The third kappa shape index (κ3) is 7.73. The molecule has 1 aromatic carbocycles. The Morgan fingerprint density at radius 3 is 2.26 bits per heavy atom. The Balaban J connectivity index is 1.95. The maximum Gasteiger partial charge on any atom is 0.119 e. The number of methoxy groups -OCH3 is 1. The van der Waals surface area contributed by atoms with E-state index >= 15 is 0 Å². The fourth-order valence-corrected chi connectivity index (χ4v) is 1.92. The number of quaternary nitrogens is 1. The Kier molecular flexibility index (Phi) is 8.90. The van der Waals surface area contributed by atoms with E-state index < -0.39 is 0 Å². The summed E-state index contributed by atoms with van der Waals surface area (Å²) in [6.45, 7) is 5.58. The molecule has 0 atom stereocenters. The second-order valence-electron chi connectivity index (χ2n) is 4.80. The average molecular weight is 266 g/mol. The number of nitrogens with two attached hydrogens (primary N) is 1. The lowest BCUT2D eigenvalue weighted by Crippen LogP contribution is -2.84. The molecule has 3 heteroatoms. The van der Waals surface area contributed by atoms with Crippen LogP contribution in [0.2, 0.25) is 0 Å². The van der Waals surface area contributed by atoms with Crippen molar-refractivity contribution >= 4 is 0 Å². The van der Waals surface area contributed by atoms with Crippen molar-refractivity contribution in [3.63, 3.8) is 0 Å². The number of rotatable bonds is 11. The first-order chi connectivity index (χ1) is 9.36. The van der Waals surface area contributed by atoms with Crippen LogP contribution in [0.4, 0.5) is 0 Å². The van der Waals surface area contributed by atoms with Gasteiger partial charge >= 0.3 is 0 Å². The molecule has 0 aliphatic rings. The lowest BCUT2D eigenvalue weighted by atomic mass is 10.2. The normalized spacial score (nSPS) is 10.4. The molecule has 0 aromatic heterocycles. The van der Waals surface area contributed by atoms with E-state index in [1.54, 1.807) is 7.11 Å². The number of ether oxygens (including phenoxy) is 2. The predicted octanol–water partition coefficient (Wildman–Crippen LogP) is 2.61. The maximum atomic E-state index is 5.68. The minimum Gasteiger partial charge on any atom is -0.497 e. The molecule has 0 aliphatic heterocycles. The molecule has 0 radical (unpaired) electrons. The summed E-state index contributed by atoms with van der Waals surface area (Å²) in [6.07, 6.45) is 6.30. The van der Waals surface area contributed by atoms with Gasteiger partial charge < -0.3 is 14.8 Å². The van der Waals surface area contributed by atoms with E-state index in [1.165, 1.54) is 38.8 Å². The molecule has 108 valence electrons. The molecular weight excluding hydrogens is 238 g/mol. The second kappa shape index (κ2) is 10.7. The summed E-state index contributed by atoms with van der Waals surface area (Å²) >= 11 is 0. The molecular formula is C16H28NO2+. The quantitative estimate of drug-likeness (QED) is 0.625. The van der Waals surface area contributed by atoms with Gasteiger partial charge in [-0.2, -0.15) is 0 Å². The van der Waals surface area contributed by atoms with Crippen molar-refractivity contribution in [1.82, 2.24) is 0 Å². The van der Waals surface area contributed by atoms with E-state index in [0.717, 1.165) is 24.5 Å². The topological polar surface area (TPSA) is 35.1 Å². The molecule has 0 fully saturated rings. The van der Waals surface area contributed by atoms with Gasteiger partial charge in [-0.15, -0.1) is 0 Å². The summed E-state index contributed by atoms with van der Waals surface area (Å²) in [5.41, 5.74) is 0. The number of hydrogen-bond donors (Lipinski definition) is 1. The van der Waals surface area contributed by atoms with Crippen LogP contribution in [-0.2, 0) is 0 Å². The van der Waals surface area contributed by atoms with E-state index in [-0.39, 0.29) is 0 Å². The van der Waals surface area contributed by atoms with Gasteiger partial charge in [-0.25, -0.2) is 0 Å². The summed E-state index contributed by atoms with van der Waals surface area (Å²) in [5, 5.41) is 2.42. The first-order valence-corrected chi connectivity index (χ1v) is 7.45. The highest BCUT2D eigenvalue weighted by atomic mass is 16.5. The fraction of sp³-hybridized carbons (Fsp3) is 0.625. The van der Waals surface area contributed by atoms with Crippen LogP contribution >= 0.6 is 0 Å². The first kappa shape index (κ1) is 15.8. The number of unbranched alkanes of at least 4 members (excludes halogenated alkanes) is 3. The number of hydrogen-bond acceptors (Lipinski definition) is 2. The maximum absolute atomic E-state index is 5.68. The molecule has 0 unspecified atom stereocenters. The van der Waals surface area contributed by atoms with Gasteiger partial charge in [0.1, 0.15) is 11.5 Å². The molecule has 0 bridgehead atoms. The molecule has 2 N–H and O–H groups in total. The minimum absolute atomic E-state index is 0.807. The highest BCUT2D eigenvalue weighted by Crippen LogP contribution is 2.17. The summed E-state index contributed by atoms with van der Waals surface area (Å²) < 4.78 is 10.8. The third-order valence-corrected chi connectivity index (χ3v) is 3.14. The fourth-order valence-electron chi connectivity index (χ4n) is 1.92. The summed E-state index contributed by atoms with van der Waals surface area (Å²) in [6, 6.07) is 7.77. The summed E-state index contributed by atoms with van der Waals surface area (Å²) in [4.78, 5) is 0. The molecule has 0 amide bonds. The van der Waals surface area contributed by atoms with Crippen molar-refractivity contribution in [2.45, 2.75) is 39.0 Å². The highest BCUT2D eigenvalue weighted by molar-refractivity contribution is 5.31. The second-order valence-corrected chi connectivity index (χ2v) is 4.80. The molecule has 0 saturated heterocycles. The van der Waals surface area contributed by atoms with Crippen LogP contribution in [0, 0.1) is 0 Å². The summed E-state index contributed by atoms with van der Waals surface area (Å²) in [7, 11) is 1.67. The standard InChI is InChI=1S/C16H27NO2/c1-3-4-12-17-13-6-5-7-14-19-16-10-8-15(18-2)9-11-16/h8-11,17H,3-7,12-14H2,1-2H3/p+1. The van der Waals surface area contributed by atoms with E-state index in [2.05, 4.69) is 12.2 Å². The lowest BCUT2D eigenvalue weighted by molar-refractivity contribution is -0.655. The Morgan fingerprint density at radius 2 is 1.58 bits per heavy atom. The van der Waals surface area contributed by atoms with Crippen LogP contribution in [0.15, 0.2) is 24.3 Å².